The minimum absolute atomic E-state index is 0.0124. The molecule has 29 heavy (non-hydrogen) atoms. The van der Waals surface area contributed by atoms with Gasteiger partial charge in [0.15, 0.2) is 5.82 Å². The molecule has 0 saturated carbocycles. The predicted molar refractivity (Wildman–Crippen MR) is 108 cm³/mol. The van der Waals surface area contributed by atoms with Crippen molar-refractivity contribution in [2.75, 3.05) is 42.3 Å². The van der Waals surface area contributed by atoms with Crippen LogP contribution in [0.5, 0.6) is 5.75 Å². The maximum atomic E-state index is 13.0. The van der Waals surface area contributed by atoms with Crippen molar-refractivity contribution in [1.29, 1.82) is 0 Å². The van der Waals surface area contributed by atoms with Crippen LogP contribution in [0.25, 0.3) is 0 Å². The van der Waals surface area contributed by atoms with Crippen molar-refractivity contribution in [3.05, 3.63) is 35.8 Å². The summed E-state index contributed by atoms with van der Waals surface area (Å²) in [7, 11) is 0. The highest BCUT2D eigenvalue weighted by molar-refractivity contribution is 7.91. The molecule has 2 aromatic rings. The van der Waals surface area contributed by atoms with E-state index in [2.05, 4.69) is 15.2 Å². The molecule has 2 fully saturated rings. The summed E-state index contributed by atoms with van der Waals surface area (Å²) >= 11 is -1.05. The topological polar surface area (TPSA) is 82.6 Å². The third kappa shape index (κ3) is 3.99. The lowest BCUT2D eigenvalue weighted by molar-refractivity contribution is 0.0903. The Morgan fingerprint density at radius 3 is 2.69 bits per heavy atom. The molecule has 0 spiro atoms. The van der Waals surface area contributed by atoms with E-state index in [1.165, 1.54) is 12.1 Å². The minimum atomic E-state index is -1.05. The first-order valence-corrected chi connectivity index (χ1v) is 11.3. The first-order chi connectivity index (χ1) is 14.2. The second-order valence-electron chi connectivity index (χ2n) is 7.58. The standard InChI is InChI=1S/C20H23FN4O3S/c21-13-1-3-15(4-2-13)28-16-11-25(12-16)20-23-17-7-10-29(26)18(17)19(24-20)22-14-5-8-27-9-6-14/h1-4,14,16H,5-12H2,(H,22,23,24)/t29-/m1/s1. The number of halogens is 1. The molecule has 9 heteroatoms. The van der Waals surface area contributed by atoms with E-state index in [0.717, 1.165) is 36.6 Å². The summed E-state index contributed by atoms with van der Waals surface area (Å²) in [6.45, 7) is 2.79. The zero-order valence-corrected chi connectivity index (χ0v) is 16.8. The second kappa shape index (κ2) is 7.97. The predicted octanol–water partition coefficient (Wildman–Crippen LogP) is 2.14. The highest BCUT2D eigenvalue weighted by Crippen LogP contribution is 2.34. The fourth-order valence-corrected chi connectivity index (χ4v) is 5.15. The molecule has 3 aliphatic rings. The van der Waals surface area contributed by atoms with Crippen LogP contribution >= 0.6 is 0 Å². The number of benzene rings is 1. The zero-order chi connectivity index (χ0) is 19.8. The lowest BCUT2D eigenvalue weighted by atomic mass is 10.1. The van der Waals surface area contributed by atoms with Gasteiger partial charge in [-0.1, -0.05) is 0 Å². The monoisotopic (exact) mass is 418 g/mol. The summed E-state index contributed by atoms with van der Waals surface area (Å²) in [4.78, 5) is 12.2. The number of nitrogens with one attached hydrogen (secondary N) is 1. The first kappa shape index (κ1) is 18.9. The molecule has 154 valence electrons. The Hall–Kier alpha value is -2.10. The Balaban J connectivity index is 1.29. The Labute approximate surface area is 171 Å². The molecule has 7 nitrogen and oxygen atoms in total. The smallest absolute Gasteiger partial charge is 0.228 e. The molecule has 1 aromatic heterocycles. The van der Waals surface area contributed by atoms with Gasteiger partial charge in [0.25, 0.3) is 0 Å². The molecule has 0 amide bonds. The fraction of sp³-hybridized carbons (Fsp3) is 0.500. The van der Waals surface area contributed by atoms with Crippen LogP contribution in [-0.2, 0) is 22.3 Å². The van der Waals surface area contributed by atoms with Gasteiger partial charge in [-0.15, -0.1) is 0 Å². The lowest BCUT2D eigenvalue weighted by Gasteiger charge is -2.39. The van der Waals surface area contributed by atoms with Crippen molar-refractivity contribution in [3.63, 3.8) is 0 Å². The van der Waals surface area contributed by atoms with Gasteiger partial charge in [0.1, 0.15) is 29.1 Å². The van der Waals surface area contributed by atoms with Crippen LogP contribution in [0.3, 0.4) is 0 Å². The first-order valence-electron chi connectivity index (χ1n) is 9.96. The van der Waals surface area contributed by atoms with Crippen LogP contribution < -0.4 is 15.0 Å². The SMILES string of the molecule is [O-][S@+]1CCc2nc(N3CC(Oc4ccc(F)cc4)C3)nc(NC3CCOCC3)c21. The van der Waals surface area contributed by atoms with E-state index < -0.39 is 11.2 Å². The van der Waals surface area contributed by atoms with E-state index in [4.69, 9.17) is 14.5 Å². The highest BCUT2D eigenvalue weighted by atomic mass is 32.2. The molecule has 3 aliphatic heterocycles. The minimum Gasteiger partial charge on any atom is -0.611 e. The van der Waals surface area contributed by atoms with Crippen molar-refractivity contribution >= 4 is 22.9 Å². The average Bonchev–Trinajstić information content (AvgIpc) is 3.08. The number of aryl methyl sites for hydroxylation is 1. The van der Waals surface area contributed by atoms with Gasteiger partial charge in [-0.05, 0) is 48.3 Å². The molecule has 0 radical (unpaired) electrons. The van der Waals surface area contributed by atoms with Crippen molar-refractivity contribution in [1.82, 2.24) is 9.97 Å². The van der Waals surface area contributed by atoms with Gasteiger partial charge >= 0.3 is 0 Å². The van der Waals surface area contributed by atoms with Gasteiger partial charge < -0.3 is 24.2 Å². The van der Waals surface area contributed by atoms with Gasteiger partial charge in [-0.25, -0.2) is 9.37 Å². The Morgan fingerprint density at radius 1 is 1.17 bits per heavy atom. The number of rotatable bonds is 5. The van der Waals surface area contributed by atoms with E-state index in [1.807, 2.05) is 0 Å². The number of anilines is 2. The Bertz CT molecular complexity index is 873. The maximum Gasteiger partial charge on any atom is 0.228 e. The van der Waals surface area contributed by atoms with E-state index in [1.54, 1.807) is 12.1 Å². The van der Waals surface area contributed by atoms with Crippen LogP contribution in [0.1, 0.15) is 18.5 Å². The zero-order valence-electron chi connectivity index (χ0n) is 16.0. The van der Waals surface area contributed by atoms with E-state index in [-0.39, 0.29) is 18.0 Å². The number of aromatic nitrogens is 2. The van der Waals surface area contributed by atoms with Gasteiger partial charge in [0, 0.05) is 25.7 Å². The summed E-state index contributed by atoms with van der Waals surface area (Å²) in [5, 5.41) is 3.49. The van der Waals surface area contributed by atoms with Crippen LogP contribution in [0, 0.1) is 5.82 Å². The Morgan fingerprint density at radius 2 is 1.93 bits per heavy atom. The molecule has 0 unspecified atom stereocenters. The molecule has 2 saturated heterocycles. The Kier molecular flexibility index (Phi) is 5.19. The quantitative estimate of drug-likeness (QED) is 0.745. The van der Waals surface area contributed by atoms with Gasteiger partial charge in [-0.2, -0.15) is 4.98 Å². The molecule has 1 aromatic carbocycles. The molecule has 4 heterocycles. The third-order valence-corrected chi connectivity index (χ3v) is 6.94. The summed E-state index contributed by atoms with van der Waals surface area (Å²) in [6, 6.07) is 6.33. The van der Waals surface area contributed by atoms with Crippen molar-refractivity contribution in [2.45, 2.75) is 36.3 Å². The summed E-state index contributed by atoms with van der Waals surface area (Å²) in [5.74, 6) is 2.34. The van der Waals surface area contributed by atoms with Crippen molar-refractivity contribution in [3.8, 4) is 5.75 Å². The van der Waals surface area contributed by atoms with Crippen molar-refractivity contribution < 1.29 is 18.4 Å². The summed E-state index contributed by atoms with van der Waals surface area (Å²) in [6.07, 6.45) is 2.55. The molecule has 5 rings (SSSR count). The van der Waals surface area contributed by atoms with Crippen LogP contribution in [0.15, 0.2) is 29.2 Å². The van der Waals surface area contributed by atoms with E-state index in [0.29, 0.717) is 42.8 Å². The number of hydrogen-bond donors (Lipinski definition) is 1. The van der Waals surface area contributed by atoms with E-state index >= 15 is 0 Å². The maximum absolute atomic E-state index is 13.0. The normalized spacial score (nSPS) is 22.3. The van der Waals surface area contributed by atoms with Gasteiger partial charge in [-0.3, -0.25) is 0 Å². The fourth-order valence-electron chi connectivity index (χ4n) is 3.84. The molecule has 1 N–H and O–H groups in total. The van der Waals surface area contributed by atoms with Gasteiger partial charge in [0.2, 0.25) is 10.8 Å². The largest absolute Gasteiger partial charge is 0.611 e. The molecule has 0 bridgehead atoms. The van der Waals surface area contributed by atoms with Crippen LogP contribution in [0.4, 0.5) is 16.2 Å². The summed E-state index contributed by atoms with van der Waals surface area (Å²) < 4.78 is 36.8. The van der Waals surface area contributed by atoms with Gasteiger partial charge in [0.05, 0.1) is 13.1 Å². The highest BCUT2D eigenvalue weighted by Gasteiger charge is 2.36. The number of fused-ring (bicyclic) bond motifs is 1. The third-order valence-electron chi connectivity index (χ3n) is 5.49. The molecule has 1 atom stereocenters. The average molecular weight is 418 g/mol. The van der Waals surface area contributed by atoms with Crippen molar-refractivity contribution in [2.24, 2.45) is 0 Å². The second-order valence-corrected chi connectivity index (χ2v) is 9.08. The number of ether oxygens (including phenoxy) is 2. The van der Waals surface area contributed by atoms with Crippen LogP contribution in [-0.4, -0.2) is 58.7 Å². The lowest BCUT2D eigenvalue weighted by Crippen LogP contribution is -2.54. The number of nitrogens with zero attached hydrogens (tertiary/aromatic N) is 3. The molecular weight excluding hydrogens is 395 g/mol. The molecular formula is C20H23FN4O3S. The molecule has 0 aliphatic carbocycles. The number of hydrogen-bond acceptors (Lipinski definition) is 7. The van der Waals surface area contributed by atoms with Crippen LogP contribution in [0.2, 0.25) is 0 Å². The summed E-state index contributed by atoms with van der Waals surface area (Å²) in [5.41, 5.74) is 0.880. The van der Waals surface area contributed by atoms with E-state index in [9.17, 15) is 8.94 Å².